The lowest BCUT2D eigenvalue weighted by atomic mass is 10.2. The summed E-state index contributed by atoms with van der Waals surface area (Å²) in [5, 5.41) is 3.89. The highest BCUT2D eigenvalue weighted by atomic mass is 79.9. The molecule has 1 aromatic rings. The normalized spacial score (nSPS) is 10.3. The summed E-state index contributed by atoms with van der Waals surface area (Å²) < 4.78 is 2.01. The van der Waals surface area contributed by atoms with Crippen LogP contribution in [0.4, 0.5) is 0 Å². The maximum atomic E-state index is 11.3. The summed E-state index contributed by atoms with van der Waals surface area (Å²) >= 11 is 3.35. The quantitative estimate of drug-likeness (QED) is 0.587. The summed E-state index contributed by atoms with van der Waals surface area (Å²) in [6, 6.07) is 0. The molecule has 0 saturated carbocycles. The van der Waals surface area contributed by atoms with Gasteiger partial charge in [0.25, 0.3) is 0 Å². The largest absolute Gasteiger partial charge is 0.356 e. The van der Waals surface area contributed by atoms with Crippen LogP contribution in [0.15, 0.2) is 18.7 Å². The van der Waals surface area contributed by atoms with E-state index in [1.54, 1.807) is 12.5 Å². The van der Waals surface area contributed by atoms with E-state index in [1.165, 1.54) is 0 Å². The van der Waals surface area contributed by atoms with Gasteiger partial charge in [-0.15, -0.1) is 0 Å². The van der Waals surface area contributed by atoms with E-state index in [-0.39, 0.29) is 5.91 Å². The Kier molecular flexibility index (Phi) is 6.88. The summed E-state index contributed by atoms with van der Waals surface area (Å²) in [5.74, 6) is 0.159. The summed E-state index contributed by atoms with van der Waals surface area (Å²) in [6.07, 6.45) is 9.08. The van der Waals surface area contributed by atoms with Gasteiger partial charge in [-0.1, -0.05) is 15.9 Å². The van der Waals surface area contributed by atoms with E-state index >= 15 is 0 Å². The fourth-order valence-corrected chi connectivity index (χ4v) is 1.77. The number of halogens is 1. The van der Waals surface area contributed by atoms with Crippen molar-refractivity contribution < 1.29 is 4.79 Å². The third-order valence-electron chi connectivity index (χ3n) is 2.26. The second-order valence-electron chi connectivity index (χ2n) is 3.65. The minimum atomic E-state index is 0.159. The molecule has 0 aromatic carbocycles. The molecule has 1 heterocycles. The van der Waals surface area contributed by atoms with Gasteiger partial charge >= 0.3 is 0 Å². The second kappa shape index (κ2) is 8.33. The number of carbonyl (C=O) groups is 1. The molecule has 1 amide bonds. The fraction of sp³-hybridized carbons (Fsp3) is 0.636. The Bertz CT molecular complexity index is 287. The van der Waals surface area contributed by atoms with Crippen LogP contribution in [0.1, 0.15) is 25.7 Å². The SMILES string of the molecule is O=C(CCCCBr)NCCCn1ccnc1. The Morgan fingerprint density at radius 2 is 2.25 bits per heavy atom. The van der Waals surface area contributed by atoms with Crippen LogP contribution in [-0.2, 0) is 11.3 Å². The van der Waals surface area contributed by atoms with Gasteiger partial charge < -0.3 is 9.88 Å². The number of hydrogen-bond acceptors (Lipinski definition) is 2. The lowest BCUT2D eigenvalue weighted by molar-refractivity contribution is -0.121. The molecule has 0 atom stereocenters. The summed E-state index contributed by atoms with van der Waals surface area (Å²) in [6.45, 7) is 1.65. The van der Waals surface area contributed by atoms with Crippen molar-refractivity contribution in [1.29, 1.82) is 0 Å². The molecule has 0 aliphatic carbocycles. The Morgan fingerprint density at radius 3 is 2.94 bits per heavy atom. The zero-order chi connectivity index (χ0) is 11.6. The molecule has 0 saturated heterocycles. The number of hydrogen-bond donors (Lipinski definition) is 1. The third-order valence-corrected chi connectivity index (χ3v) is 2.82. The van der Waals surface area contributed by atoms with Crippen LogP contribution in [0.5, 0.6) is 0 Å². The summed E-state index contributed by atoms with van der Waals surface area (Å²) in [4.78, 5) is 15.3. The molecule has 1 rings (SSSR count). The first-order valence-electron chi connectivity index (χ1n) is 5.61. The first-order valence-corrected chi connectivity index (χ1v) is 6.73. The fourth-order valence-electron chi connectivity index (χ4n) is 1.38. The molecule has 0 bridgehead atoms. The number of alkyl halides is 1. The van der Waals surface area contributed by atoms with Crippen molar-refractivity contribution in [3.8, 4) is 0 Å². The van der Waals surface area contributed by atoms with E-state index in [0.717, 1.165) is 37.7 Å². The molecule has 4 nitrogen and oxygen atoms in total. The molecule has 1 N–H and O–H groups in total. The van der Waals surface area contributed by atoms with E-state index in [2.05, 4.69) is 26.2 Å². The summed E-state index contributed by atoms with van der Waals surface area (Å²) in [5.41, 5.74) is 0. The van der Waals surface area contributed by atoms with Crippen molar-refractivity contribution in [2.24, 2.45) is 0 Å². The number of amides is 1. The Balaban J connectivity index is 1.96. The molecule has 5 heteroatoms. The van der Waals surface area contributed by atoms with Crippen molar-refractivity contribution in [3.63, 3.8) is 0 Å². The molecule has 0 fully saturated rings. The molecule has 1 aromatic heterocycles. The number of nitrogens with one attached hydrogen (secondary N) is 1. The first kappa shape index (κ1) is 13.2. The highest BCUT2D eigenvalue weighted by molar-refractivity contribution is 9.09. The van der Waals surface area contributed by atoms with Gasteiger partial charge in [-0.3, -0.25) is 4.79 Å². The van der Waals surface area contributed by atoms with Crippen molar-refractivity contribution in [1.82, 2.24) is 14.9 Å². The van der Waals surface area contributed by atoms with Gasteiger partial charge in [0.1, 0.15) is 0 Å². The predicted molar refractivity (Wildman–Crippen MR) is 67.5 cm³/mol. The van der Waals surface area contributed by atoms with Crippen LogP contribution >= 0.6 is 15.9 Å². The van der Waals surface area contributed by atoms with Crippen LogP contribution in [0.25, 0.3) is 0 Å². The van der Waals surface area contributed by atoms with Crippen molar-refractivity contribution in [3.05, 3.63) is 18.7 Å². The maximum Gasteiger partial charge on any atom is 0.219 e. The number of nitrogens with zero attached hydrogens (tertiary/aromatic N) is 2. The van der Waals surface area contributed by atoms with Gasteiger partial charge in [0, 0.05) is 37.2 Å². The minimum absolute atomic E-state index is 0.159. The molecule has 0 radical (unpaired) electrons. The zero-order valence-electron chi connectivity index (χ0n) is 9.36. The molecular weight excluding hydrogens is 270 g/mol. The molecule has 90 valence electrons. The maximum absolute atomic E-state index is 11.3. The standard InChI is InChI=1S/C11H18BrN3O/c12-5-2-1-4-11(16)14-6-3-8-15-9-7-13-10-15/h7,9-10H,1-6,8H2,(H,14,16). The molecule has 16 heavy (non-hydrogen) atoms. The van der Waals surface area contributed by atoms with Gasteiger partial charge in [0.2, 0.25) is 5.91 Å². The Labute approximate surface area is 105 Å². The predicted octanol–water partition coefficient (Wildman–Crippen LogP) is 1.95. The van der Waals surface area contributed by atoms with Crippen LogP contribution in [0, 0.1) is 0 Å². The van der Waals surface area contributed by atoms with Gasteiger partial charge in [-0.25, -0.2) is 4.98 Å². The molecule has 0 spiro atoms. The van der Waals surface area contributed by atoms with Crippen LogP contribution in [0.3, 0.4) is 0 Å². The van der Waals surface area contributed by atoms with Crippen LogP contribution < -0.4 is 5.32 Å². The van der Waals surface area contributed by atoms with E-state index < -0.39 is 0 Å². The van der Waals surface area contributed by atoms with Crippen molar-refractivity contribution in [2.75, 3.05) is 11.9 Å². The van der Waals surface area contributed by atoms with Crippen LogP contribution in [-0.4, -0.2) is 27.3 Å². The van der Waals surface area contributed by atoms with E-state index in [0.29, 0.717) is 6.42 Å². The average Bonchev–Trinajstić information content (AvgIpc) is 2.78. The highest BCUT2D eigenvalue weighted by Crippen LogP contribution is 1.98. The summed E-state index contributed by atoms with van der Waals surface area (Å²) in [7, 11) is 0. The lowest BCUT2D eigenvalue weighted by Gasteiger charge is -2.05. The number of rotatable bonds is 8. The molecular formula is C11H18BrN3O. The molecule has 0 aliphatic rings. The third kappa shape index (κ3) is 5.90. The second-order valence-corrected chi connectivity index (χ2v) is 4.44. The number of aromatic nitrogens is 2. The van der Waals surface area contributed by atoms with E-state index in [1.807, 2.05) is 10.8 Å². The first-order chi connectivity index (χ1) is 7.83. The zero-order valence-corrected chi connectivity index (χ0v) is 10.9. The topological polar surface area (TPSA) is 46.9 Å². The highest BCUT2D eigenvalue weighted by Gasteiger charge is 1.99. The van der Waals surface area contributed by atoms with E-state index in [4.69, 9.17) is 0 Å². The molecule has 0 unspecified atom stereocenters. The van der Waals surface area contributed by atoms with Crippen LogP contribution in [0.2, 0.25) is 0 Å². The molecule has 0 aliphatic heterocycles. The van der Waals surface area contributed by atoms with E-state index in [9.17, 15) is 4.79 Å². The number of aryl methyl sites for hydroxylation is 1. The number of imidazole rings is 1. The monoisotopic (exact) mass is 287 g/mol. The van der Waals surface area contributed by atoms with Crippen molar-refractivity contribution in [2.45, 2.75) is 32.2 Å². The minimum Gasteiger partial charge on any atom is -0.356 e. The Hall–Kier alpha value is -0.840. The van der Waals surface area contributed by atoms with Gasteiger partial charge in [-0.2, -0.15) is 0 Å². The van der Waals surface area contributed by atoms with Crippen molar-refractivity contribution >= 4 is 21.8 Å². The number of carbonyl (C=O) groups excluding carboxylic acids is 1. The number of unbranched alkanes of at least 4 members (excludes halogenated alkanes) is 1. The smallest absolute Gasteiger partial charge is 0.219 e. The average molecular weight is 288 g/mol. The van der Waals surface area contributed by atoms with Gasteiger partial charge in [-0.05, 0) is 19.3 Å². The lowest BCUT2D eigenvalue weighted by Crippen LogP contribution is -2.24. The van der Waals surface area contributed by atoms with Gasteiger partial charge in [0.15, 0.2) is 0 Å². The Morgan fingerprint density at radius 1 is 1.38 bits per heavy atom. The van der Waals surface area contributed by atoms with Gasteiger partial charge in [0.05, 0.1) is 6.33 Å².